The van der Waals surface area contributed by atoms with Crippen LogP contribution in [0.2, 0.25) is 0 Å². The number of hydrogen-bond donors (Lipinski definition) is 1. The molecule has 1 saturated heterocycles. The third kappa shape index (κ3) is 3.89. The highest BCUT2D eigenvalue weighted by Crippen LogP contribution is 2.57. The highest BCUT2D eigenvalue weighted by Gasteiger charge is 2.57. The molecule has 5 rings (SSSR count). The minimum atomic E-state index is -4.46. The molecule has 1 N–H and O–H groups in total. The summed E-state index contributed by atoms with van der Waals surface area (Å²) in [5.74, 6) is -2.65. The van der Waals surface area contributed by atoms with Crippen molar-refractivity contribution >= 4 is 11.7 Å². The molecule has 2 fully saturated rings. The van der Waals surface area contributed by atoms with Crippen molar-refractivity contribution < 1.29 is 27.5 Å². The van der Waals surface area contributed by atoms with E-state index in [0.717, 1.165) is 23.8 Å². The second-order valence-corrected chi connectivity index (χ2v) is 9.79. The van der Waals surface area contributed by atoms with Crippen molar-refractivity contribution in [2.45, 2.75) is 32.4 Å². The number of hydrogen-bond acceptors (Lipinski definition) is 5. The molecule has 2 aromatic rings. The molecule has 0 aromatic carbocycles. The topological polar surface area (TPSA) is 83.6 Å². The number of aromatic nitrogens is 4. The lowest BCUT2D eigenvalue weighted by Crippen LogP contribution is -2.42. The number of nitrogens with zero attached hydrogens (tertiary/aromatic N) is 5. The molecule has 1 aliphatic heterocycles. The monoisotopic (exact) mass is 479 g/mol. The third-order valence-electron chi connectivity index (χ3n) is 7.68. The molecule has 2 unspecified atom stereocenters. The number of amides is 1. The zero-order valence-corrected chi connectivity index (χ0v) is 18.5. The first-order valence-corrected chi connectivity index (χ1v) is 11.3. The number of rotatable bonds is 4. The predicted octanol–water partition coefficient (Wildman–Crippen LogP) is 3.37. The second-order valence-electron chi connectivity index (χ2n) is 9.79. The van der Waals surface area contributed by atoms with Crippen molar-refractivity contribution in [2.24, 2.45) is 29.1 Å². The SMILES string of the molecule is CC1([C@@H]2C[C@@H]3CN(C(=O)c4nc5ncc(CCO)cn5n4)C[C@@H]3C2)C=C(F)C=CC1C(F)(F)F. The van der Waals surface area contributed by atoms with Gasteiger partial charge in [-0.05, 0) is 54.7 Å². The Bertz CT molecular complexity index is 1160. The standard InChI is InChI=1S/C23H25F4N5O2/c1-22(8-17(24)2-3-18(22)23(25,26)27)16-6-14-11-31(12-15(14)7-16)20(34)19-29-21-28-9-13(4-5-33)10-32(21)30-19/h2-3,8-10,14-16,18,33H,4-7,11-12H2,1H3/t14-,15+,16-,18?,22?. The number of aliphatic hydroxyl groups is 1. The minimum Gasteiger partial charge on any atom is -0.396 e. The highest BCUT2D eigenvalue weighted by molar-refractivity contribution is 5.91. The van der Waals surface area contributed by atoms with Crippen molar-refractivity contribution in [3.8, 4) is 0 Å². The Kier molecular flexibility index (Phi) is 5.50. The molecule has 1 saturated carbocycles. The van der Waals surface area contributed by atoms with Crippen molar-refractivity contribution in [3.05, 3.63) is 47.8 Å². The van der Waals surface area contributed by atoms with Gasteiger partial charge < -0.3 is 10.0 Å². The molecule has 3 heterocycles. The Morgan fingerprint density at radius 3 is 2.62 bits per heavy atom. The zero-order chi connectivity index (χ0) is 24.3. The Morgan fingerprint density at radius 1 is 1.26 bits per heavy atom. The number of fused-ring (bicyclic) bond motifs is 2. The van der Waals surface area contributed by atoms with Gasteiger partial charge in [0.25, 0.3) is 11.7 Å². The van der Waals surface area contributed by atoms with Crippen molar-refractivity contribution in [2.75, 3.05) is 19.7 Å². The number of halogens is 4. The molecule has 11 heteroatoms. The first-order valence-electron chi connectivity index (χ1n) is 11.3. The van der Waals surface area contributed by atoms with Crippen LogP contribution in [-0.2, 0) is 6.42 Å². The van der Waals surface area contributed by atoms with Gasteiger partial charge >= 0.3 is 6.18 Å². The van der Waals surface area contributed by atoms with E-state index < -0.39 is 23.3 Å². The number of carbonyl (C=O) groups is 1. The Labute approximate surface area is 193 Å². The maximum absolute atomic E-state index is 14.0. The van der Waals surface area contributed by atoms with E-state index in [0.29, 0.717) is 32.4 Å². The third-order valence-corrected chi connectivity index (χ3v) is 7.68. The number of allylic oxidation sites excluding steroid dienone is 4. The van der Waals surface area contributed by atoms with E-state index in [1.54, 1.807) is 17.3 Å². The molecular formula is C23H25F4N5O2. The Morgan fingerprint density at radius 2 is 1.97 bits per heavy atom. The molecule has 3 aliphatic rings. The predicted molar refractivity (Wildman–Crippen MR) is 113 cm³/mol. The maximum Gasteiger partial charge on any atom is 0.395 e. The van der Waals surface area contributed by atoms with E-state index in [9.17, 15) is 22.4 Å². The molecule has 1 amide bonds. The molecule has 34 heavy (non-hydrogen) atoms. The van der Waals surface area contributed by atoms with E-state index in [2.05, 4.69) is 15.1 Å². The summed E-state index contributed by atoms with van der Waals surface area (Å²) in [6.45, 7) is 2.29. The number of alkyl halides is 3. The van der Waals surface area contributed by atoms with Crippen LogP contribution in [0.4, 0.5) is 17.6 Å². The molecule has 5 atom stereocenters. The van der Waals surface area contributed by atoms with Crippen LogP contribution in [0.3, 0.4) is 0 Å². The van der Waals surface area contributed by atoms with E-state index in [4.69, 9.17) is 5.11 Å². The van der Waals surface area contributed by atoms with Gasteiger partial charge in [0.15, 0.2) is 0 Å². The number of likely N-dealkylation sites (tertiary alicyclic amines) is 1. The van der Waals surface area contributed by atoms with Crippen molar-refractivity contribution in [3.63, 3.8) is 0 Å². The largest absolute Gasteiger partial charge is 0.396 e. The number of aliphatic hydroxyl groups excluding tert-OH is 1. The summed E-state index contributed by atoms with van der Waals surface area (Å²) in [6.07, 6.45) is 3.16. The van der Waals surface area contributed by atoms with Gasteiger partial charge in [0, 0.05) is 37.5 Å². The summed E-state index contributed by atoms with van der Waals surface area (Å²) < 4.78 is 56.6. The summed E-state index contributed by atoms with van der Waals surface area (Å²) in [4.78, 5) is 23.0. The molecule has 2 aliphatic carbocycles. The maximum atomic E-state index is 14.0. The van der Waals surface area contributed by atoms with Gasteiger partial charge in [-0.25, -0.2) is 13.9 Å². The fourth-order valence-electron chi connectivity index (χ4n) is 5.95. The van der Waals surface area contributed by atoms with Crippen LogP contribution >= 0.6 is 0 Å². The molecule has 0 spiro atoms. The molecule has 0 radical (unpaired) electrons. The van der Waals surface area contributed by atoms with E-state index >= 15 is 0 Å². The molecule has 182 valence electrons. The van der Waals surface area contributed by atoms with E-state index in [1.807, 2.05) is 0 Å². The normalized spacial score (nSPS) is 31.2. The molecule has 7 nitrogen and oxygen atoms in total. The van der Waals surface area contributed by atoms with E-state index in [-0.39, 0.29) is 41.9 Å². The summed E-state index contributed by atoms with van der Waals surface area (Å²) in [5, 5.41) is 13.3. The molecular weight excluding hydrogens is 454 g/mol. The fraction of sp³-hybridized carbons (Fsp3) is 0.565. The second kappa shape index (κ2) is 8.14. The van der Waals surface area contributed by atoms with Gasteiger partial charge in [0.1, 0.15) is 5.83 Å². The highest BCUT2D eigenvalue weighted by atomic mass is 19.4. The van der Waals surface area contributed by atoms with Gasteiger partial charge in [0.2, 0.25) is 5.82 Å². The Hall–Kier alpha value is -2.82. The summed E-state index contributed by atoms with van der Waals surface area (Å²) >= 11 is 0. The minimum absolute atomic E-state index is 0.0108. The van der Waals surface area contributed by atoms with Crippen LogP contribution in [0.15, 0.2) is 36.4 Å². The van der Waals surface area contributed by atoms with Crippen molar-refractivity contribution in [1.29, 1.82) is 0 Å². The van der Waals surface area contributed by atoms with Gasteiger partial charge in [-0.15, -0.1) is 5.10 Å². The Balaban J connectivity index is 1.29. The van der Waals surface area contributed by atoms with Crippen LogP contribution in [0, 0.1) is 29.1 Å². The summed E-state index contributed by atoms with van der Waals surface area (Å²) in [6, 6.07) is 0. The van der Waals surface area contributed by atoms with Crippen LogP contribution in [-0.4, -0.2) is 61.4 Å². The van der Waals surface area contributed by atoms with E-state index in [1.165, 1.54) is 11.4 Å². The lowest BCUT2D eigenvalue weighted by atomic mass is 9.64. The first-order chi connectivity index (χ1) is 16.1. The van der Waals surface area contributed by atoms with Gasteiger partial charge in [-0.3, -0.25) is 4.79 Å². The quantitative estimate of drug-likeness (QED) is 0.680. The summed E-state index contributed by atoms with van der Waals surface area (Å²) in [7, 11) is 0. The van der Waals surface area contributed by atoms with Crippen LogP contribution < -0.4 is 0 Å². The van der Waals surface area contributed by atoms with Gasteiger partial charge in [0.05, 0.1) is 5.92 Å². The average molecular weight is 479 g/mol. The lowest BCUT2D eigenvalue weighted by molar-refractivity contribution is -0.190. The van der Waals surface area contributed by atoms with Crippen molar-refractivity contribution in [1.82, 2.24) is 24.5 Å². The van der Waals surface area contributed by atoms with Gasteiger partial charge in [-0.2, -0.15) is 18.2 Å². The van der Waals surface area contributed by atoms with Crippen LogP contribution in [0.1, 0.15) is 35.9 Å². The average Bonchev–Trinajstić information content (AvgIpc) is 3.45. The summed E-state index contributed by atoms with van der Waals surface area (Å²) in [5.41, 5.74) is -0.591. The first kappa shape index (κ1) is 22.9. The smallest absolute Gasteiger partial charge is 0.395 e. The fourth-order valence-corrected chi connectivity index (χ4v) is 5.95. The van der Waals surface area contributed by atoms with Crippen LogP contribution in [0.25, 0.3) is 5.78 Å². The number of carbonyl (C=O) groups excluding carboxylic acids is 1. The molecule has 2 aromatic heterocycles. The molecule has 0 bridgehead atoms. The zero-order valence-electron chi connectivity index (χ0n) is 18.5. The van der Waals surface area contributed by atoms with Gasteiger partial charge in [-0.1, -0.05) is 13.0 Å². The lowest BCUT2D eigenvalue weighted by Gasteiger charge is -2.42. The van der Waals surface area contributed by atoms with Crippen LogP contribution in [0.5, 0.6) is 0 Å².